The summed E-state index contributed by atoms with van der Waals surface area (Å²) in [5.74, 6) is -0.463. The van der Waals surface area contributed by atoms with Crippen LogP contribution in [0.1, 0.15) is 37.0 Å². The lowest BCUT2D eigenvalue weighted by molar-refractivity contribution is -0.384. The molecule has 0 fully saturated rings. The normalized spacial score (nSPS) is 11.2. The molecule has 0 saturated heterocycles. The predicted octanol–water partition coefficient (Wildman–Crippen LogP) is 2.50. The highest BCUT2D eigenvalue weighted by molar-refractivity contribution is 6.33. The van der Waals surface area contributed by atoms with Gasteiger partial charge in [-0.2, -0.15) is 0 Å². The van der Waals surface area contributed by atoms with Crippen molar-refractivity contribution in [2.45, 2.75) is 32.2 Å². The molecule has 0 aliphatic heterocycles. The molecule has 0 heterocycles. The molecule has 0 aromatic heterocycles. The first kappa shape index (κ1) is 16.4. The van der Waals surface area contributed by atoms with E-state index in [2.05, 4.69) is 5.32 Å². The summed E-state index contributed by atoms with van der Waals surface area (Å²) in [6.07, 6.45) is 1.43. The summed E-state index contributed by atoms with van der Waals surface area (Å²) in [6.45, 7) is 4.17. The number of nitro benzene ring substituents is 1. The number of hydrogen-bond acceptors (Lipinski definition) is 4. The number of rotatable bonds is 6. The SMILES string of the molecule is CCC(N)(CC)CNC(=O)c1cc([N+](=O)[O-])ccc1Cl. The monoisotopic (exact) mass is 299 g/mol. The lowest BCUT2D eigenvalue weighted by Gasteiger charge is -2.26. The van der Waals surface area contributed by atoms with Gasteiger partial charge in [0.2, 0.25) is 0 Å². The number of nitrogens with zero attached hydrogens (tertiary/aromatic N) is 1. The highest BCUT2D eigenvalue weighted by Gasteiger charge is 2.22. The Kier molecular flexibility index (Phi) is 5.47. The maximum atomic E-state index is 12.0. The lowest BCUT2D eigenvalue weighted by atomic mass is 9.94. The Hall–Kier alpha value is -1.66. The first-order chi connectivity index (χ1) is 9.33. The van der Waals surface area contributed by atoms with Crippen LogP contribution in [-0.2, 0) is 0 Å². The zero-order chi connectivity index (χ0) is 15.3. The summed E-state index contributed by atoms with van der Waals surface area (Å²) in [4.78, 5) is 22.2. The molecule has 0 bridgehead atoms. The van der Waals surface area contributed by atoms with Gasteiger partial charge in [0.15, 0.2) is 0 Å². The van der Waals surface area contributed by atoms with Gasteiger partial charge in [0.05, 0.1) is 15.5 Å². The second-order valence-corrected chi connectivity index (χ2v) is 5.08. The van der Waals surface area contributed by atoms with Gasteiger partial charge in [-0.25, -0.2) is 0 Å². The van der Waals surface area contributed by atoms with Crippen LogP contribution in [-0.4, -0.2) is 22.9 Å². The summed E-state index contributed by atoms with van der Waals surface area (Å²) >= 11 is 5.90. The van der Waals surface area contributed by atoms with Crippen molar-refractivity contribution in [3.63, 3.8) is 0 Å². The van der Waals surface area contributed by atoms with E-state index in [-0.39, 0.29) is 22.8 Å². The number of carbonyl (C=O) groups excluding carboxylic acids is 1. The van der Waals surface area contributed by atoms with Crippen LogP contribution in [0, 0.1) is 10.1 Å². The lowest BCUT2D eigenvalue weighted by Crippen LogP contribution is -2.49. The summed E-state index contributed by atoms with van der Waals surface area (Å²) in [7, 11) is 0. The number of nitrogens with two attached hydrogens (primary N) is 1. The molecule has 1 aromatic carbocycles. The molecule has 110 valence electrons. The third-order valence-electron chi connectivity index (χ3n) is 3.41. The van der Waals surface area contributed by atoms with Gasteiger partial charge in [-0.15, -0.1) is 0 Å². The van der Waals surface area contributed by atoms with Crippen molar-refractivity contribution in [3.05, 3.63) is 38.9 Å². The molecule has 3 N–H and O–H groups in total. The molecule has 0 saturated carbocycles. The Morgan fingerprint density at radius 2 is 2.05 bits per heavy atom. The van der Waals surface area contributed by atoms with Crippen molar-refractivity contribution < 1.29 is 9.72 Å². The molecule has 0 radical (unpaired) electrons. The van der Waals surface area contributed by atoms with Crippen LogP contribution in [0.3, 0.4) is 0 Å². The van der Waals surface area contributed by atoms with Gasteiger partial charge in [0, 0.05) is 24.2 Å². The molecule has 6 nitrogen and oxygen atoms in total. The zero-order valence-electron chi connectivity index (χ0n) is 11.5. The van der Waals surface area contributed by atoms with E-state index in [1.807, 2.05) is 13.8 Å². The highest BCUT2D eigenvalue weighted by Crippen LogP contribution is 2.22. The molecule has 0 aliphatic carbocycles. The zero-order valence-corrected chi connectivity index (χ0v) is 12.2. The van der Waals surface area contributed by atoms with Crippen LogP contribution in [0.2, 0.25) is 5.02 Å². The molecular formula is C13H18ClN3O3. The van der Waals surface area contributed by atoms with Crippen LogP contribution >= 0.6 is 11.6 Å². The van der Waals surface area contributed by atoms with Gasteiger partial charge in [0.1, 0.15) is 0 Å². The van der Waals surface area contributed by atoms with Gasteiger partial charge < -0.3 is 11.1 Å². The van der Waals surface area contributed by atoms with Crippen molar-refractivity contribution in [2.75, 3.05) is 6.54 Å². The fraction of sp³-hybridized carbons (Fsp3) is 0.462. The van der Waals surface area contributed by atoms with E-state index in [4.69, 9.17) is 17.3 Å². The predicted molar refractivity (Wildman–Crippen MR) is 77.9 cm³/mol. The van der Waals surface area contributed by atoms with E-state index in [0.717, 1.165) is 6.07 Å². The summed E-state index contributed by atoms with van der Waals surface area (Å²) in [5, 5.41) is 13.6. The number of amides is 1. The maximum absolute atomic E-state index is 12.0. The minimum absolute atomic E-state index is 0.0791. The van der Waals surface area contributed by atoms with Gasteiger partial charge in [0.25, 0.3) is 11.6 Å². The van der Waals surface area contributed by atoms with Gasteiger partial charge in [-0.3, -0.25) is 14.9 Å². The Labute approximate surface area is 122 Å². The van der Waals surface area contributed by atoms with E-state index in [1.54, 1.807) is 0 Å². The molecule has 1 aromatic rings. The van der Waals surface area contributed by atoms with Crippen molar-refractivity contribution in [1.29, 1.82) is 0 Å². The number of hydrogen-bond donors (Lipinski definition) is 2. The number of benzene rings is 1. The quantitative estimate of drug-likeness (QED) is 0.623. The number of nitrogens with one attached hydrogen (secondary N) is 1. The van der Waals surface area contributed by atoms with Gasteiger partial charge in [-0.05, 0) is 18.9 Å². The Bertz CT molecular complexity index is 516. The van der Waals surface area contributed by atoms with E-state index < -0.39 is 16.4 Å². The number of non-ortho nitro benzene ring substituents is 1. The molecule has 0 atom stereocenters. The topological polar surface area (TPSA) is 98.3 Å². The Morgan fingerprint density at radius 1 is 1.45 bits per heavy atom. The molecule has 1 amide bonds. The van der Waals surface area contributed by atoms with Gasteiger partial charge in [-0.1, -0.05) is 25.4 Å². The highest BCUT2D eigenvalue weighted by atomic mass is 35.5. The maximum Gasteiger partial charge on any atom is 0.270 e. The first-order valence-corrected chi connectivity index (χ1v) is 6.71. The number of nitro groups is 1. The van der Waals surface area contributed by atoms with Crippen molar-refractivity contribution >= 4 is 23.2 Å². The summed E-state index contributed by atoms with van der Waals surface area (Å²) in [5.41, 5.74) is 5.50. The molecule has 1 rings (SSSR count). The van der Waals surface area contributed by atoms with Gasteiger partial charge >= 0.3 is 0 Å². The molecule has 0 aliphatic rings. The third kappa shape index (κ3) is 3.91. The largest absolute Gasteiger partial charge is 0.350 e. The van der Waals surface area contributed by atoms with Crippen LogP contribution in [0.4, 0.5) is 5.69 Å². The first-order valence-electron chi connectivity index (χ1n) is 6.34. The molecule has 0 unspecified atom stereocenters. The summed E-state index contributed by atoms with van der Waals surface area (Å²) < 4.78 is 0. The van der Waals surface area contributed by atoms with Crippen molar-refractivity contribution in [3.8, 4) is 0 Å². The van der Waals surface area contributed by atoms with Crippen LogP contribution in [0.25, 0.3) is 0 Å². The summed E-state index contributed by atoms with van der Waals surface area (Å²) in [6, 6.07) is 3.75. The molecule has 20 heavy (non-hydrogen) atoms. The van der Waals surface area contributed by atoms with Crippen LogP contribution in [0.5, 0.6) is 0 Å². The van der Waals surface area contributed by atoms with Crippen LogP contribution in [0.15, 0.2) is 18.2 Å². The standard InChI is InChI=1S/C13H18ClN3O3/c1-3-13(15,4-2)8-16-12(18)10-7-9(17(19)20)5-6-11(10)14/h5-7H,3-4,8,15H2,1-2H3,(H,16,18). The van der Waals surface area contributed by atoms with E-state index >= 15 is 0 Å². The van der Waals surface area contributed by atoms with E-state index in [1.165, 1.54) is 12.1 Å². The van der Waals surface area contributed by atoms with Crippen molar-refractivity contribution in [2.24, 2.45) is 5.73 Å². The molecule has 7 heteroatoms. The van der Waals surface area contributed by atoms with E-state index in [9.17, 15) is 14.9 Å². The average molecular weight is 300 g/mol. The number of halogens is 1. The second-order valence-electron chi connectivity index (χ2n) is 4.67. The minimum Gasteiger partial charge on any atom is -0.350 e. The minimum atomic E-state index is -0.571. The molecule has 0 spiro atoms. The number of carbonyl (C=O) groups is 1. The van der Waals surface area contributed by atoms with Crippen molar-refractivity contribution in [1.82, 2.24) is 5.32 Å². The second kappa shape index (κ2) is 6.67. The molecular weight excluding hydrogens is 282 g/mol. The van der Waals surface area contributed by atoms with E-state index in [0.29, 0.717) is 12.8 Å². The van der Waals surface area contributed by atoms with Crippen LogP contribution < -0.4 is 11.1 Å². The smallest absolute Gasteiger partial charge is 0.270 e. The Morgan fingerprint density at radius 3 is 2.55 bits per heavy atom. The fourth-order valence-electron chi connectivity index (χ4n) is 1.65. The average Bonchev–Trinajstić information content (AvgIpc) is 2.44. The Balaban J connectivity index is 2.87. The third-order valence-corrected chi connectivity index (χ3v) is 3.74. The fourth-order valence-corrected chi connectivity index (χ4v) is 1.86.